The van der Waals surface area contributed by atoms with E-state index in [1.165, 1.54) is 12.8 Å². The average Bonchev–Trinajstić information content (AvgIpc) is 3.38. The third-order valence-corrected chi connectivity index (χ3v) is 5.96. The van der Waals surface area contributed by atoms with Crippen molar-refractivity contribution < 1.29 is 4.21 Å². The fourth-order valence-electron chi connectivity index (χ4n) is 3.29. The summed E-state index contributed by atoms with van der Waals surface area (Å²) in [7, 11) is 2.46. The monoisotopic (exact) mass is 478 g/mol. The Bertz CT molecular complexity index is 983. The van der Waals surface area contributed by atoms with Crippen molar-refractivity contribution in [2.45, 2.75) is 24.7 Å². The van der Waals surface area contributed by atoms with Crippen molar-refractivity contribution in [2.75, 3.05) is 43.2 Å². The number of alkyl halides is 1. The minimum atomic E-state index is -1.14. The Morgan fingerprint density at radius 2 is 1.76 bits per heavy atom. The number of hydrogen-bond acceptors (Lipinski definition) is 5. The van der Waals surface area contributed by atoms with Crippen molar-refractivity contribution in [2.24, 2.45) is 0 Å². The molecule has 1 N–H and O–H groups in total. The molecule has 9 heteroatoms. The van der Waals surface area contributed by atoms with Crippen LogP contribution in [0.2, 0.25) is 0 Å². The average molecular weight is 479 g/mol. The lowest BCUT2D eigenvalue weighted by atomic mass is 10.3. The first-order valence-electron chi connectivity index (χ1n) is 9.48. The topological polar surface area (TPSA) is 65.8 Å². The van der Waals surface area contributed by atoms with Gasteiger partial charge in [0.2, 0.25) is 0 Å². The number of fused-ring (bicyclic) bond motifs is 1. The van der Waals surface area contributed by atoms with Gasteiger partial charge in [-0.1, -0.05) is 15.9 Å². The van der Waals surface area contributed by atoms with Crippen LogP contribution in [-0.2, 0) is 11.0 Å². The zero-order chi connectivity index (χ0) is 21.0. The third-order valence-electron chi connectivity index (χ3n) is 4.63. The first-order valence-corrected chi connectivity index (χ1v) is 12.2. The summed E-state index contributed by atoms with van der Waals surface area (Å²) in [5.74, 6) is 3.66. The SMILES string of the molecule is CBr.Cc1cc2nc(N3CCCC3)cc(Nc3ccc(S(=O)N(C)C)cc3)n2n1. The molecule has 0 saturated carbocycles. The molecule has 0 aliphatic carbocycles. The predicted molar refractivity (Wildman–Crippen MR) is 124 cm³/mol. The minimum absolute atomic E-state index is 0.776. The highest BCUT2D eigenvalue weighted by Crippen LogP contribution is 2.26. The molecule has 0 radical (unpaired) electrons. The van der Waals surface area contributed by atoms with Crippen LogP contribution in [0.5, 0.6) is 0 Å². The quantitative estimate of drug-likeness (QED) is 0.561. The molecule has 3 aromatic rings. The number of hydrogen-bond donors (Lipinski definition) is 1. The summed E-state index contributed by atoms with van der Waals surface area (Å²) in [6.07, 6.45) is 2.41. The van der Waals surface area contributed by atoms with Gasteiger partial charge in [-0.2, -0.15) is 9.61 Å². The molecule has 1 unspecified atom stereocenters. The van der Waals surface area contributed by atoms with Gasteiger partial charge in [-0.15, -0.1) is 0 Å². The Labute approximate surface area is 182 Å². The van der Waals surface area contributed by atoms with Crippen molar-refractivity contribution in [3.8, 4) is 0 Å². The van der Waals surface area contributed by atoms with Crippen LogP contribution in [0.1, 0.15) is 18.5 Å². The van der Waals surface area contributed by atoms with Crippen molar-refractivity contribution in [1.29, 1.82) is 0 Å². The van der Waals surface area contributed by atoms with Crippen LogP contribution in [0.4, 0.5) is 17.3 Å². The summed E-state index contributed by atoms with van der Waals surface area (Å²) in [5, 5.41) is 8.00. The van der Waals surface area contributed by atoms with Crippen molar-refractivity contribution in [3.63, 3.8) is 0 Å². The Balaban J connectivity index is 0.00000117. The first kappa shape index (κ1) is 21.7. The molecule has 4 rings (SSSR count). The third kappa shape index (κ3) is 4.96. The lowest BCUT2D eigenvalue weighted by Gasteiger charge is -2.18. The molecule has 1 atom stereocenters. The van der Waals surface area contributed by atoms with Gasteiger partial charge < -0.3 is 10.2 Å². The second-order valence-electron chi connectivity index (χ2n) is 6.96. The highest BCUT2D eigenvalue weighted by molar-refractivity contribution is 9.08. The van der Waals surface area contributed by atoms with E-state index in [2.05, 4.69) is 37.3 Å². The summed E-state index contributed by atoms with van der Waals surface area (Å²) < 4.78 is 15.7. The van der Waals surface area contributed by atoms with E-state index in [-0.39, 0.29) is 0 Å². The highest BCUT2D eigenvalue weighted by Gasteiger charge is 2.17. The van der Waals surface area contributed by atoms with E-state index >= 15 is 0 Å². The van der Waals surface area contributed by atoms with E-state index in [0.29, 0.717) is 0 Å². The fraction of sp³-hybridized carbons (Fsp3) is 0.400. The van der Waals surface area contributed by atoms with E-state index in [1.54, 1.807) is 18.4 Å². The Kier molecular flexibility index (Phi) is 7.26. The van der Waals surface area contributed by atoms with Crippen molar-refractivity contribution in [1.82, 2.24) is 18.9 Å². The van der Waals surface area contributed by atoms with Crippen molar-refractivity contribution >= 4 is 49.9 Å². The second-order valence-corrected chi connectivity index (χ2v) is 8.66. The van der Waals surface area contributed by atoms with E-state index in [4.69, 9.17) is 4.98 Å². The zero-order valence-electron chi connectivity index (χ0n) is 17.2. The molecule has 156 valence electrons. The van der Waals surface area contributed by atoms with E-state index in [9.17, 15) is 4.21 Å². The lowest BCUT2D eigenvalue weighted by Crippen LogP contribution is -2.19. The lowest BCUT2D eigenvalue weighted by molar-refractivity contribution is 0.603. The van der Waals surface area contributed by atoms with Gasteiger partial charge in [0.1, 0.15) is 22.6 Å². The molecule has 0 bridgehead atoms. The van der Waals surface area contributed by atoms with Gasteiger partial charge >= 0.3 is 0 Å². The maximum absolute atomic E-state index is 12.2. The second kappa shape index (κ2) is 9.69. The fourth-order valence-corrected chi connectivity index (χ4v) is 4.08. The number of rotatable bonds is 5. The maximum Gasteiger partial charge on any atom is 0.160 e. The van der Waals surface area contributed by atoms with Crippen LogP contribution in [0.15, 0.2) is 41.3 Å². The van der Waals surface area contributed by atoms with Gasteiger partial charge in [-0.05, 0) is 64.0 Å². The van der Waals surface area contributed by atoms with Crippen LogP contribution < -0.4 is 10.2 Å². The zero-order valence-corrected chi connectivity index (χ0v) is 19.6. The highest BCUT2D eigenvalue weighted by atomic mass is 79.9. The van der Waals surface area contributed by atoms with Crippen LogP contribution in [0, 0.1) is 6.92 Å². The van der Waals surface area contributed by atoms with Crippen LogP contribution in [0.3, 0.4) is 0 Å². The summed E-state index contributed by atoms with van der Waals surface area (Å²) in [4.78, 5) is 7.87. The van der Waals surface area contributed by atoms with E-state index in [1.807, 2.05) is 47.6 Å². The maximum atomic E-state index is 12.2. The van der Waals surface area contributed by atoms with Gasteiger partial charge in [0.05, 0.1) is 10.6 Å². The van der Waals surface area contributed by atoms with Gasteiger partial charge in [-0.3, -0.25) is 0 Å². The number of aromatic nitrogens is 3. The van der Waals surface area contributed by atoms with Gasteiger partial charge in [-0.25, -0.2) is 13.5 Å². The normalized spacial score (nSPS) is 14.8. The van der Waals surface area contributed by atoms with Gasteiger partial charge in [0.25, 0.3) is 0 Å². The summed E-state index contributed by atoms with van der Waals surface area (Å²) in [6.45, 7) is 4.06. The van der Waals surface area contributed by atoms with Gasteiger partial charge in [0, 0.05) is 30.9 Å². The minimum Gasteiger partial charge on any atom is -0.356 e. The van der Waals surface area contributed by atoms with E-state index < -0.39 is 11.0 Å². The number of halogens is 1. The summed E-state index contributed by atoms with van der Waals surface area (Å²) in [6, 6.07) is 11.7. The van der Waals surface area contributed by atoms with Crippen LogP contribution in [-0.4, -0.2) is 56.1 Å². The Morgan fingerprint density at radius 3 is 2.38 bits per heavy atom. The molecule has 0 spiro atoms. The number of anilines is 3. The molecule has 29 heavy (non-hydrogen) atoms. The molecule has 1 aliphatic rings. The summed E-state index contributed by atoms with van der Waals surface area (Å²) in [5.41, 5.74) is 2.69. The summed E-state index contributed by atoms with van der Waals surface area (Å²) >= 11 is 2.94. The molecule has 3 heterocycles. The molecule has 1 aliphatic heterocycles. The predicted octanol–water partition coefficient (Wildman–Crippen LogP) is 3.98. The van der Waals surface area contributed by atoms with Gasteiger partial charge in [0.15, 0.2) is 5.65 Å². The smallest absolute Gasteiger partial charge is 0.160 e. The molecule has 2 aromatic heterocycles. The molecule has 1 saturated heterocycles. The van der Waals surface area contributed by atoms with Crippen LogP contribution >= 0.6 is 15.9 Å². The molecule has 1 fully saturated rings. The number of nitrogens with zero attached hydrogens (tertiary/aromatic N) is 5. The van der Waals surface area contributed by atoms with Crippen LogP contribution in [0.25, 0.3) is 5.65 Å². The van der Waals surface area contributed by atoms with Crippen molar-refractivity contribution in [3.05, 3.63) is 42.1 Å². The molecular weight excluding hydrogens is 452 g/mol. The largest absolute Gasteiger partial charge is 0.356 e. The first-order chi connectivity index (χ1) is 14.0. The molecule has 7 nitrogen and oxygen atoms in total. The Hall–Kier alpha value is -1.97. The molecule has 1 aromatic carbocycles. The number of benzene rings is 1. The molecule has 0 amide bonds. The number of aryl methyl sites for hydroxylation is 1. The Morgan fingerprint density at radius 1 is 1.10 bits per heavy atom. The van der Waals surface area contributed by atoms with E-state index in [0.717, 1.165) is 46.6 Å². The standard InChI is InChI=1S/C19H24N6OS.CH3Br/c1-14-12-18-21-17(24-10-4-5-11-24)13-19(25(18)22-14)20-15-6-8-16(9-7-15)27(26)23(2)3;1-2/h6-9,12-13,20H,4-5,10-11H2,1-3H3;1H3. The molecular formula is C20H27BrN6OS. The number of nitrogens with one attached hydrogen (secondary N) is 1.